The molecule has 0 aliphatic carbocycles. The molecule has 1 unspecified atom stereocenters. The molecule has 2 heterocycles. The highest BCUT2D eigenvalue weighted by Gasteiger charge is 2.39. The number of hydrogen-bond donors (Lipinski definition) is 1. The molecule has 6 aromatic rings. The Morgan fingerprint density at radius 1 is 0.797 bits per heavy atom. The Morgan fingerprint density at radius 3 is 1.92 bits per heavy atom. The first-order valence-electron chi connectivity index (χ1n) is 19.4. The van der Waals surface area contributed by atoms with Crippen LogP contribution < -0.4 is 14.8 Å². The summed E-state index contributed by atoms with van der Waals surface area (Å²) in [7, 11) is 1.77. The largest absolute Gasteiger partial charge is 0.497 e. The SMILES string of the molecule is [C-]#[N+]CCOP(OCCn1c(COC(c2ccccc2)(c2ccc(OC)cc2)c2ccc(OC)cc2)nc2c(NC(=O)c3ccccc3)ncnc21)N(C(C)C)C(C)C. The number of amides is 1. The predicted molar refractivity (Wildman–Crippen MR) is 229 cm³/mol. The third-order valence-corrected chi connectivity index (χ3v) is 11.7. The number of anilines is 1. The number of aromatic nitrogens is 4. The number of fused-ring (bicyclic) bond motifs is 1. The molecule has 13 nitrogen and oxygen atoms in total. The first kappa shape index (κ1) is 42.9. The lowest BCUT2D eigenvalue weighted by Crippen LogP contribution is -2.34. The van der Waals surface area contributed by atoms with Gasteiger partial charge in [0.05, 0.1) is 20.8 Å². The zero-order valence-corrected chi connectivity index (χ0v) is 35.1. The maximum atomic E-state index is 13.4. The third-order valence-electron chi connectivity index (χ3n) is 9.64. The van der Waals surface area contributed by atoms with Gasteiger partial charge >= 0.3 is 0 Å². The Balaban J connectivity index is 1.44. The van der Waals surface area contributed by atoms with Crippen molar-refractivity contribution in [3.63, 3.8) is 0 Å². The number of imidazole rings is 1. The summed E-state index contributed by atoms with van der Waals surface area (Å²) in [4.78, 5) is 31.1. The molecular formula is C45H50N7O6P. The van der Waals surface area contributed by atoms with E-state index in [0.29, 0.717) is 40.6 Å². The van der Waals surface area contributed by atoms with E-state index in [2.05, 4.69) is 52.5 Å². The van der Waals surface area contributed by atoms with Gasteiger partial charge in [-0.1, -0.05) is 72.8 Å². The quantitative estimate of drug-likeness (QED) is 0.0346. The van der Waals surface area contributed by atoms with Crippen LogP contribution in [0, 0.1) is 6.57 Å². The van der Waals surface area contributed by atoms with Crippen LogP contribution in [0.25, 0.3) is 16.0 Å². The molecule has 0 saturated heterocycles. The summed E-state index contributed by atoms with van der Waals surface area (Å²) in [5.41, 5.74) is 2.86. The van der Waals surface area contributed by atoms with Crippen molar-refractivity contribution < 1.29 is 28.1 Å². The maximum absolute atomic E-state index is 13.4. The van der Waals surface area contributed by atoms with Crippen molar-refractivity contribution in [2.75, 3.05) is 39.3 Å². The average molecular weight is 816 g/mol. The van der Waals surface area contributed by atoms with Crippen LogP contribution in [0.4, 0.5) is 5.82 Å². The van der Waals surface area contributed by atoms with Crippen molar-refractivity contribution in [3.05, 3.63) is 155 Å². The van der Waals surface area contributed by atoms with Crippen LogP contribution in [0.3, 0.4) is 0 Å². The van der Waals surface area contributed by atoms with Gasteiger partial charge < -0.3 is 38.0 Å². The Morgan fingerprint density at radius 2 is 1.36 bits per heavy atom. The molecule has 0 spiro atoms. The molecule has 0 fully saturated rings. The van der Waals surface area contributed by atoms with E-state index in [0.717, 1.165) is 16.7 Å². The van der Waals surface area contributed by atoms with Crippen molar-refractivity contribution in [2.45, 2.75) is 58.5 Å². The van der Waals surface area contributed by atoms with Gasteiger partial charge in [-0.2, -0.15) is 0 Å². The molecule has 0 bridgehead atoms. The Kier molecular flexibility index (Phi) is 14.7. The summed E-state index contributed by atoms with van der Waals surface area (Å²) < 4.78 is 35.2. The van der Waals surface area contributed by atoms with E-state index in [1.165, 1.54) is 6.33 Å². The predicted octanol–water partition coefficient (Wildman–Crippen LogP) is 8.90. The molecule has 1 amide bonds. The maximum Gasteiger partial charge on any atom is 0.259 e. The highest BCUT2D eigenvalue weighted by Crippen LogP contribution is 2.46. The lowest BCUT2D eigenvalue weighted by atomic mass is 9.80. The van der Waals surface area contributed by atoms with Gasteiger partial charge in [0.2, 0.25) is 6.54 Å². The molecule has 59 heavy (non-hydrogen) atoms. The van der Waals surface area contributed by atoms with Crippen LogP contribution in [0.15, 0.2) is 116 Å². The smallest absolute Gasteiger partial charge is 0.259 e. The first-order chi connectivity index (χ1) is 28.7. The van der Waals surface area contributed by atoms with Crippen LogP contribution in [0.5, 0.6) is 11.5 Å². The van der Waals surface area contributed by atoms with Crippen LogP contribution in [-0.2, 0) is 32.5 Å². The highest BCUT2D eigenvalue weighted by molar-refractivity contribution is 7.44. The van der Waals surface area contributed by atoms with E-state index < -0.39 is 14.1 Å². The Hall–Kier alpha value is -5.74. The molecule has 14 heteroatoms. The third kappa shape index (κ3) is 9.94. The number of nitrogens with one attached hydrogen (secondary N) is 1. The average Bonchev–Trinajstić information content (AvgIpc) is 3.62. The number of nitrogens with zero attached hydrogens (tertiary/aromatic N) is 6. The van der Waals surface area contributed by atoms with Gasteiger partial charge in [-0.05, 0) is 80.8 Å². The van der Waals surface area contributed by atoms with E-state index in [9.17, 15) is 4.79 Å². The van der Waals surface area contributed by atoms with Crippen molar-refractivity contribution in [1.82, 2.24) is 24.2 Å². The molecule has 0 aliphatic heterocycles. The van der Waals surface area contributed by atoms with Crippen molar-refractivity contribution in [3.8, 4) is 11.5 Å². The summed E-state index contributed by atoms with van der Waals surface area (Å²) in [6.45, 7) is 16.7. The fourth-order valence-corrected chi connectivity index (χ4v) is 8.52. The van der Waals surface area contributed by atoms with E-state index >= 15 is 0 Å². The van der Waals surface area contributed by atoms with Gasteiger partial charge in [-0.25, -0.2) is 26.2 Å². The van der Waals surface area contributed by atoms with Crippen molar-refractivity contribution in [2.24, 2.45) is 0 Å². The monoisotopic (exact) mass is 815 g/mol. The molecule has 0 saturated carbocycles. The van der Waals surface area contributed by atoms with E-state index in [4.69, 9.17) is 34.8 Å². The topological polar surface area (TPSA) is 126 Å². The van der Waals surface area contributed by atoms with Gasteiger partial charge in [-0.15, -0.1) is 0 Å². The van der Waals surface area contributed by atoms with E-state index in [-0.39, 0.29) is 50.2 Å². The minimum Gasteiger partial charge on any atom is -0.497 e. The second-order valence-electron chi connectivity index (χ2n) is 14.0. The Labute approximate surface area is 347 Å². The summed E-state index contributed by atoms with van der Waals surface area (Å²) in [5, 5.41) is 2.95. The number of carbonyl (C=O) groups excluding carboxylic acids is 1. The van der Waals surface area contributed by atoms with Gasteiger partial charge in [0, 0.05) is 24.2 Å². The number of methoxy groups -OCH3 is 2. The molecule has 1 N–H and O–H groups in total. The summed E-state index contributed by atoms with van der Waals surface area (Å²) in [6, 6.07) is 34.9. The zero-order chi connectivity index (χ0) is 41.8. The molecule has 0 radical (unpaired) electrons. The molecule has 6 rings (SSSR count). The number of ether oxygens (including phenoxy) is 3. The molecule has 2 aromatic heterocycles. The Bertz CT molecular complexity index is 2240. The van der Waals surface area contributed by atoms with Crippen LogP contribution >= 0.6 is 8.53 Å². The first-order valence-corrected chi connectivity index (χ1v) is 20.6. The number of carbonyl (C=O) groups is 1. The molecule has 306 valence electrons. The fraction of sp³-hybridized carbons (Fsp3) is 0.311. The zero-order valence-electron chi connectivity index (χ0n) is 34.2. The van der Waals surface area contributed by atoms with Crippen LogP contribution in [0.1, 0.15) is 60.6 Å². The number of rotatable bonds is 20. The second-order valence-corrected chi connectivity index (χ2v) is 15.5. The van der Waals surface area contributed by atoms with E-state index in [1.54, 1.807) is 38.5 Å². The number of benzene rings is 4. The van der Waals surface area contributed by atoms with Gasteiger partial charge in [-0.3, -0.25) is 4.79 Å². The molecule has 0 aliphatic rings. The molecule has 4 aromatic carbocycles. The van der Waals surface area contributed by atoms with Gasteiger partial charge in [0.1, 0.15) is 42.5 Å². The van der Waals surface area contributed by atoms with Gasteiger partial charge in [0.15, 0.2) is 17.0 Å². The molecule has 1 atom stereocenters. The lowest BCUT2D eigenvalue weighted by Gasteiger charge is -2.36. The fourth-order valence-electron chi connectivity index (χ4n) is 6.95. The second kappa shape index (κ2) is 20.3. The summed E-state index contributed by atoms with van der Waals surface area (Å²) in [5.74, 6) is 1.89. The minimum absolute atomic E-state index is 0.00969. The van der Waals surface area contributed by atoms with Crippen LogP contribution in [0.2, 0.25) is 0 Å². The molecular weight excluding hydrogens is 766 g/mol. The van der Waals surface area contributed by atoms with Gasteiger partial charge in [0.25, 0.3) is 14.4 Å². The minimum atomic E-state index is -1.50. The van der Waals surface area contributed by atoms with Crippen LogP contribution in [-0.4, -0.2) is 76.2 Å². The number of hydrogen-bond acceptors (Lipinski definition) is 10. The summed E-state index contributed by atoms with van der Waals surface area (Å²) in [6.07, 6.45) is 1.41. The van der Waals surface area contributed by atoms with Crippen molar-refractivity contribution >= 4 is 31.4 Å². The van der Waals surface area contributed by atoms with Crippen molar-refractivity contribution in [1.29, 1.82) is 0 Å². The standard InChI is InChI=1S/C45H50N7O6P/c1-32(2)52(33(3)4)59(57-28-26-46-5)58-29-27-51-40(49-41-42(47-31-48-43(41)51)50-44(53)34-14-10-8-11-15-34)30-56-45(35-16-12-9-13-17-35,36-18-22-38(54-6)23-19-36)37-20-24-39(55-7)25-21-37/h8-25,31-33H,26-30H2,1-4,6-7H3,(H,47,48,50,53). The summed E-state index contributed by atoms with van der Waals surface area (Å²) >= 11 is 0. The normalized spacial score (nSPS) is 12.2. The highest BCUT2D eigenvalue weighted by atomic mass is 31.2. The van der Waals surface area contributed by atoms with E-state index in [1.807, 2.05) is 89.5 Å². The lowest BCUT2D eigenvalue weighted by molar-refractivity contribution is -0.00456.